The van der Waals surface area contributed by atoms with Crippen molar-refractivity contribution in [1.29, 1.82) is 0 Å². The molecule has 14 heteroatoms. The zero-order valence-corrected chi connectivity index (χ0v) is 22.4. The molecule has 0 spiro atoms. The van der Waals surface area contributed by atoms with Crippen molar-refractivity contribution in [3.05, 3.63) is 47.7 Å². The van der Waals surface area contributed by atoms with Gasteiger partial charge in [-0.05, 0) is 44.0 Å². The number of benzene rings is 1. The van der Waals surface area contributed by atoms with Crippen molar-refractivity contribution in [2.45, 2.75) is 43.9 Å². The lowest BCUT2D eigenvalue weighted by Crippen LogP contribution is -2.54. The number of amides is 1. The van der Waals surface area contributed by atoms with E-state index in [-0.39, 0.29) is 41.4 Å². The fourth-order valence-electron chi connectivity index (χ4n) is 5.10. The van der Waals surface area contributed by atoms with Gasteiger partial charge in [-0.2, -0.15) is 15.0 Å². The number of aromatic hydroxyl groups is 1. The van der Waals surface area contributed by atoms with E-state index in [1.165, 1.54) is 12.1 Å². The van der Waals surface area contributed by atoms with E-state index in [0.717, 1.165) is 5.69 Å². The zero-order valence-electron chi connectivity index (χ0n) is 22.4. The molecule has 3 aromatic rings. The Labute approximate surface area is 232 Å². The average Bonchev–Trinajstić information content (AvgIpc) is 2.87. The summed E-state index contributed by atoms with van der Waals surface area (Å²) in [5.41, 5.74) is 26.2. The highest BCUT2D eigenvalue weighted by Gasteiger charge is 2.29. The number of carbonyl (C=O) groups excluding carboxylic acids is 1. The number of nitrogens with one attached hydrogen (secondary N) is 2. The van der Waals surface area contributed by atoms with Gasteiger partial charge in [0.05, 0.1) is 5.56 Å². The van der Waals surface area contributed by atoms with Crippen LogP contribution in [0.5, 0.6) is 5.75 Å². The van der Waals surface area contributed by atoms with Crippen LogP contribution >= 0.6 is 0 Å². The Balaban J connectivity index is 1.40. The molecular weight excluding hydrogens is 512 g/mol. The van der Waals surface area contributed by atoms with Crippen LogP contribution in [0.4, 0.5) is 29.4 Å². The summed E-state index contributed by atoms with van der Waals surface area (Å²) in [6.45, 7) is 4.03. The van der Waals surface area contributed by atoms with Crippen LogP contribution in [0.2, 0.25) is 0 Å². The fourth-order valence-corrected chi connectivity index (χ4v) is 5.10. The SMILES string of the molecule is Cc1cccc(NC(=O)c2ccc(Nc3nc(N4C[C@H](N)C[C@H](N)C4)nc(N4C[C@H](N)C[C@H](N)C4)n3)cc2O)n1. The van der Waals surface area contributed by atoms with Crippen LogP contribution in [0.1, 0.15) is 28.9 Å². The molecule has 1 aromatic carbocycles. The number of aryl methyl sites for hydroxylation is 1. The number of hydrogen-bond donors (Lipinski definition) is 7. The molecule has 40 heavy (non-hydrogen) atoms. The lowest BCUT2D eigenvalue weighted by molar-refractivity contribution is 0.102. The Morgan fingerprint density at radius 2 is 1.43 bits per heavy atom. The summed E-state index contributed by atoms with van der Waals surface area (Å²) in [6.07, 6.45) is 1.43. The molecule has 1 amide bonds. The number of aromatic nitrogens is 4. The molecule has 0 unspecified atom stereocenters. The highest BCUT2D eigenvalue weighted by atomic mass is 16.3. The van der Waals surface area contributed by atoms with Gasteiger partial charge in [0.2, 0.25) is 17.8 Å². The topological polar surface area (TPSA) is 223 Å². The number of carbonyl (C=O) groups is 1. The van der Waals surface area contributed by atoms with E-state index in [2.05, 4.69) is 25.6 Å². The number of piperidine rings is 2. The number of nitrogens with two attached hydrogens (primary N) is 4. The van der Waals surface area contributed by atoms with Crippen LogP contribution in [-0.2, 0) is 0 Å². The van der Waals surface area contributed by atoms with E-state index in [1.54, 1.807) is 18.2 Å². The Kier molecular flexibility index (Phi) is 7.93. The molecule has 2 aromatic heterocycles. The van der Waals surface area contributed by atoms with Crippen molar-refractivity contribution in [1.82, 2.24) is 19.9 Å². The van der Waals surface area contributed by atoms with Crippen LogP contribution in [0.15, 0.2) is 36.4 Å². The van der Waals surface area contributed by atoms with Crippen molar-refractivity contribution in [3.63, 3.8) is 0 Å². The molecule has 2 aliphatic heterocycles. The first-order chi connectivity index (χ1) is 19.1. The Morgan fingerprint density at radius 3 is 1.95 bits per heavy atom. The molecule has 0 bridgehead atoms. The van der Waals surface area contributed by atoms with Crippen LogP contribution in [0.25, 0.3) is 0 Å². The number of pyridine rings is 1. The van der Waals surface area contributed by atoms with E-state index in [9.17, 15) is 9.90 Å². The summed E-state index contributed by atoms with van der Waals surface area (Å²) in [5.74, 6) is 0.800. The molecule has 0 radical (unpaired) electrons. The largest absolute Gasteiger partial charge is 0.507 e. The van der Waals surface area contributed by atoms with Gasteiger partial charge in [-0.1, -0.05) is 6.07 Å². The summed E-state index contributed by atoms with van der Waals surface area (Å²) in [7, 11) is 0. The summed E-state index contributed by atoms with van der Waals surface area (Å²) < 4.78 is 0. The molecule has 14 nitrogen and oxygen atoms in total. The normalized spacial score (nSPS) is 23.1. The minimum Gasteiger partial charge on any atom is -0.507 e. The van der Waals surface area contributed by atoms with Gasteiger partial charge < -0.3 is 48.5 Å². The van der Waals surface area contributed by atoms with E-state index >= 15 is 0 Å². The van der Waals surface area contributed by atoms with Gasteiger partial charge in [-0.15, -0.1) is 0 Å². The first-order valence-corrected chi connectivity index (χ1v) is 13.3. The fraction of sp³-hybridized carbons (Fsp3) is 0.423. The van der Waals surface area contributed by atoms with Gasteiger partial charge in [0.25, 0.3) is 5.91 Å². The maximum atomic E-state index is 12.7. The predicted octanol–water partition coefficient (Wildman–Crippen LogP) is 0.00592. The lowest BCUT2D eigenvalue weighted by atomic mass is 10.0. The third-order valence-electron chi connectivity index (χ3n) is 6.84. The highest BCUT2D eigenvalue weighted by molar-refractivity contribution is 6.06. The lowest BCUT2D eigenvalue weighted by Gasteiger charge is -2.37. The van der Waals surface area contributed by atoms with Gasteiger partial charge in [0.15, 0.2) is 0 Å². The first-order valence-electron chi connectivity index (χ1n) is 13.3. The third kappa shape index (κ3) is 6.54. The standard InChI is InChI=1S/C26H36N12O2/c1-14-3-2-4-22(31-14)33-23(40)20-6-5-19(9-21(20)39)32-24-34-25(37-10-15(27)7-16(28)11-37)36-26(35-24)38-12-17(29)8-18(30)13-38/h2-6,9,15-18,39H,7-8,10-13,27-30H2,1H3,(H,31,33,40)(H,32,34,35,36)/t15-,16+,17-,18+. The molecule has 11 N–H and O–H groups in total. The zero-order chi connectivity index (χ0) is 28.4. The molecule has 2 fully saturated rings. The second-order valence-electron chi connectivity index (χ2n) is 10.6. The maximum Gasteiger partial charge on any atom is 0.260 e. The molecule has 0 aliphatic carbocycles. The monoisotopic (exact) mass is 548 g/mol. The first kappa shape index (κ1) is 27.5. The Hall–Kier alpha value is -4.11. The molecule has 2 saturated heterocycles. The van der Waals surface area contributed by atoms with Crippen LogP contribution in [0.3, 0.4) is 0 Å². The Bertz CT molecular complexity index is 1310. The number of rotatable bonds is 6. The molecule has 0 saturated carbocycles. The van der Waals surface area contributed by atoms with Crippen molar-refractivity contribution < 1.29 is 9.90 Å². The second kappa shape index (κ2) is 11.6. The molecule has 2 aliphatic rings. The highest BCUT2D eigenvalue weighted by Crippen LogP contribution is 2.27. The van der Waals surface area contributed by atoms with Gasteiger partial charge >= 0.3 is 0 Å². The molecule has 212 valence electrons. The second-order valence-corrected chi connectivity index (χ2v) is 10.6. The van der Waals surface area contributed by atoms with E-state index in [4.69, 9.17) is 27.9 Å². The molecule has 4 heterocycles. The van der Waals surface area contributed by atoms with Gasteiger partial charge in [0, 0.05) is 67.8 Å². The van der Waals surface area contributed by atoms with Crippen LogP contribution in [-0.4, -0.2) is 81.3 Å². The number of phenolic OH excluding ortho intramolecular Hbond substituents is 1. The number of anilines is 5. The number of hydrogen-bond acceptors (Lipinski definition) is 13. The van der Waals surface area contributed by atoms with Crippen molar-refractivity contribution >= 4 is 35.3 Å². The van der Waals surface area contributed by atoms with Gasteiger partial charge in [0.1, 0.15) is 11.6 Å². The predicted molar refractivity (Wildman–Crippen MR) is 154 cm³/mol. The van der Waals surface area contributed by atoms with Crippen molar-refractivity contribution in [3.8, 4) is 5.75 Å². The summed E-state index contributed by atoms with van der Waals surface area (Å²) >= 11 is 0. The average molecular weight is 549 g/mol. The molecular formula is C26H36N12O2. The number of nitrogens with zero attached hydrogens (tertiary/aromatic N) is 6. The summed E-state index contributed by atoms with van der Waals surface area (Å²) in [6, 6.07) is 9.46. The third-order valence-corrected chi connectivity index (χ3v) is 6.84. The minimum atomic E-state index is -0.484. The van der Waals surface area contributed by atoms with Gasteiger partial charge in [-0.3, -0.25) is 4.79 Å². The Morgan fingerprint density at radius 1 is 0.850 bits per heavy atom. The number of phenols is 1. The van der Waals surface area contributed by atoms with Crippen LogP contribution < -0.4 is 43.4 Å². The van der Waals surface area contributed by atoms with Crippen molar-refractivity contribution in [2.24, 2.45) is 22.9 Å². The smallest absolute Gasteiger partial charge is 0.260 e. The van der Waals surface area contributed by atoms with Gasteiger partial charge in [-0.25, -0.2) is 4.98 Å². The molecule has 4 atom stereocenters. The minimum absolute atomic E-state index is 0.0958. The summed E-state index contributed by atoms with van der Waals surface area (Å²) in [5, 5.41) is 16.5. The molecule has 5 rings (SSSR count). The van der Waals surface area contributed by atoms with Crippen molar-refractivity contribution in [2.75, 3.05) is 46.6 Å². The maximum absolute atomic E-state index is 12.7. The quantitative estimate of drug-likeness (QED) is 0.216. The van der Waals surface area contributed by atoms with Crippen LogP contribution in [0, 0.1) is 6.92 Å². The summed E-state index contributed by atoms with van der Waals surface area (Å²) in [4.78, 5) is 34.9. The van der Waals surface area contributed by atoms with E-state index in [0.29, 0.717) is 62.4 Å². The van der Waals surface area contributed by atoms with E-state index < -0.39 is 5.91 Å². The van der Waals surface area contributed by atoms with E-state index in [1.807, 2.05) is 22.8 Å².